The zero-order valence-electron chi connectivity index (χ0n) is 9.93. The Labute approximate surface area is 105 Å². The van der Waals surface area contributed by atoms with Crippen LogP contribution in [0.2, 0.25) is 0 Å². The molecule has 0 aromatic heterocycles. The summed E-state index contributed by atoms with van der Waals surface area (Å²) in [7, 11) is 0. The van der Waals surface area contributed by atoms with E-state index < -0.39 is 30.7 Å². The van der Waals surface area contributed by atoms with Crippen molar-refractivity contribution in [2.75, 3.05) is 5.73 Å². The van der Waals surface area contributed by atoms with Crippen molar-refractivity contribution in [1.29, 1.82) is 0 Å². The van der Waals surface area contributed by atoms with Gasteiger partial charge in [-0.25, -0.2) is 0 Å². The van der Waals surface area contributed by atoms with Crippen LogP contribution >= 0.6 is 0 Å². The number of ether oxygens (including phenoxy) is 2. The van der Waals surface area contributed by atoms with Crippen LogP contribution in [0.1, 0.15) is 6.92 Å². The molecule has 18 heavy (non-hydrogen) atoms. The molecule has 5 N–H and O–H groups in total. The van der Waals surface area contributed by atoms with Crippen LogP contribution in [-0.4, -0.2) is 46.0 Å². The maximum Gasteiger partial charge on any atom is 0.229 e. The van der Waals surface area contributed by atoms with Gasteiger partial charge in [0.2, 0.25) is 6.29 Å². The van der Waals surface area contributed by atoms with Gasteiger partial charge in [-0.15, -0.1) is 0 Å². The van der Waals surface area contributed by atoms with E-state index in [4.69, 9.17) is 15.2 Å². The summed E-state index contributed by atoms with van der Waals surface area (Å²) in [4.78, 5) is 0. The van der Waals surface area contributed by atoms with Gasteiger partial charge >= 0.3 is 0 Å². The molecule has 1 saturated heterocycles. The van der Waals surface area contributed by atoms with E-state index >= 15 is 0 Å². The SMILES string of the molecule is CC1O[C@@H](Oc2ccc(N)cc2)C(O)[C@@H](O)[C@@H]1O. The molecule has 1 aromatic carbocycles. The predicted molar refractivity (Wildman–Crippen MR) is 63.8 cm³/mol. The first-order valence-corrected chi connectivity index (χ1v) is 5.71. The molecule has 1 heterocycles. The average Bonchev–Trinajstić information content (AvgIpc) is 2.36. The lowest BCUT2D eigenvalue weighted by Crippen LogP contribution is -2.58. The Morgan fingerprint density at radius 1 is 1.06 bits per heavy atom. The van der Waals surface area contributed by atoms with Gasteiger partial charge in [0.1, 0.15) is 24.1 Å². The third-order valence-electron chi connectivity index (χ3n) is 2.94. The summed E-state index contributed by atoms with van der Waals surface area (Å²) >= 11 is 0. The molecule has 1 aliphatic rings. The predicted octanol–water partition coefficient (Wildman–Crippen LogP) is -0.525. The Morgan fingerprint density at radius 3 is 2.28 bits per heavy atom. The molecule has 1 fully saturated rings. The number of benzene rings is 1. The smallest absolute Gasteiger partial charge is 0.229 e. The van der Waals surface area contributed by atoms with E-state index in [1.54, 1.807) is 31.2 Å². The summed E-state index contributed by atoms with van der Waals surface area (Å²) in [5.74, 6) is 0.462. The van der Waals surface area contributed by atoms with Crippen molar-refractivity contribution in [3.8, 4) is 5.75 Å². The van der Waals surface area contributed by atoms with Crippen molar-refractivity contribution in [2.24, 2.45) is 0 Å². The highest BCUT2D eigenvalue weighted by Gasteiger charge is 2.43. The fraction of sp³-hybridized carbons (Fsp3) is 0.500. The third-order valence-corrected chi connectivity index (χ3v) is 2.94. The minimum Gasteiger partial charge on any atom is -0.462 e. The van der Waals surface area contributed by atoms with Gasteiger partial charge in [0, 0.05) is 5.69 Å². The fourth-order valence-electron chi connectivity index (χ4n) is 1.79. The van der Waals surface area contributed by atoms with Gasteiger partial charge < -0.3 is 30.5 Å². The van der Waals surface area contributed by atoms with Gasteiger partial charge in [-0.3, -0.25) is 0 Å². The quantitative estimate of drug-likeness (QED) is 0.530. The van der Waals surface area contributed by atoms with E-state index in [0.717, 1.165) is 0 Å². The molecule has 0 amide bonds. The molecular weight excluding hydrogens is 238 g/mol. The first-order valence-electron chi connectivity index (χ1n) is 5.71. The molecule has 0 saturated carbocycles. The number of aliphatic hydroxyl groups is 3. The molecule has 0 aliphatic carbocycles. The Balaban J connectivity index is 2.06. The second kappa shape index (κ2) is 5.11. The van der Waals surface area contributed by atoms with E-state index in [-0.39, 0.29) is 0 Å². The van der Waals surface area contributed by atoms with Crippen LogP contribution in [0.4, 0.5) is 5.69 Å². The number of rotatable bonds is 2. The number of anilines is 1. The monoisotopic (exact) mass is 255 g/mol. The lowest BCUT2D eigenvalue weighted by atomic mass is 10.00. The van der Waals surface area contributed by atoms with Crippen LogP contribution in [0.5, 0.6) is 5.75 Å². The van der Waals surface area contributed by atoms with Crippen LogP contribution in [0.25, 0.3) is 0 Å². The van der Waals surface area contributed by atoms with Gasteiger partial charge in [0.05, 0.1) is 6.10 Å². The number of hydrogen-bond acceptors (Lipinski definition) is 6. The van der Waals surface area contributed by atoms with Crippen molar-refractivity contribution in [3.05, 3.63) is 24.3 Å². The van der Waals surface area contributed by atoms with Crippen molar-refractivity contribution < 1.29 is 24.8 Å². The molecule has 100 valence electrons. The summed E-state index contributed by atoms with van der Waals surface area (Å²) in [6.45, 7) is 1.60. The normalized spacial score (nSPS) is 36.3. The lowest BCUT2D eigenvalue weighted by Gasteiger charge is -2.38. The summed E-state index contributed by atoms with van der Waals surface area (Å²) in [5, 5.41) is 28.9. The highest BCUT2D eigenvalue weighted by molar-refractivity contribution is 5.41. The zero-order chi connectivity index (χ0) is 13.3. The Hall–Kier alpha value is -1.34. The summed E-state index contributed by atoms with van der Waals surface area (Å²) in [6.07, 6.45) is -5.39. The highest BCUT2D eigenvalue weighted by Crippen LogP contribution is 2.24. The number of hydrogen-bond donors (Lipinski definition) is 4. The molecule has 2 unspecified atom stereocenters. The second-order valence-corrected chi connectivity index (χ2v) is 4.37. The minimum absolute atomic E-state index is 0.462. The van der Waals surface area contributed by atoms with Crippen LogP contribution < -0.4 is 10.5 Å². The maximum atomic E-state index is 9.76. The van der Waals surface area contributed by atoms with Crippen molar-refractivity contribution in [1.82, 2.24) is 0 Å². The first kappa shape index (κ1) is 13.1. The largest absolute Gasteiger partial charge is 0.462 e. The van der Waals surface area contributed by atoms with Crippen molar-refractivity contribution in [2.45, 2.75) is 37.6 Å². The average molecular weight is 255 g/mol. The first-order chi connectivity index (χ1) is 8.49. The Bertz CT molecular complexity index is 396. The molecular formula is C12H17NO5. The zero-order valence-corrected chi connectivity index (χ0v) is 9.93. The summed E-state index contributed by atoms with van der Waals surface area (Å²) in [6, 6.07) is 6.57. The molecule has 0 bridgehead atoms. The highest BCUT2D eigenvalue weighted by atomic mass is 16.7. The van der Waals surface area contributed by atoms with Gasteiger partial charge in [0.15, 0.2) is 0 Å². The topological polar surface area (TPSA) is 105 Å². The number of nitrogen functional groups attached to an aromatic ring is 1. The molecule has 6 nitrogen and oxygen atoms in total. The molecule has 0 radical (unpaired) electrons. The molecule has 1 aliphatic heterocycles. The summed E-state index contributed by atoms with van der Waals surface area (Å²) < 4.78 is 10.7. The molecule has 2 rings (SSSR count). The van der Waals surface area contributed by atoms with Gasteiger partial charge in [-0.05, 0) is 31.2 Å². The van der Waals surface area contributed by atoms with Crippen LogP contribution in [0.3, 0.4) is 0 Å². The molecule has 1 aromatic rings. The molecule has 6 heteroatoms. The number of nitrogens with two attached hydrogens (primary N) is 1. The van der Waals surface area contributed by atoms with Gasteiger partial charge in [-0.1, -0.05) is 0 Å². The lowest BCUT2D eigenvalue weighted by molar-refractivity contribution is -0.268. The van der Waals surface area contributed by atoms with Crippen LogP contribution in [0, 0.1) is 0 Å². The third kappa shape index (κ3) is 2.56. The Morgan fingerprint density at radius 2 is 1.67 bits per heavy atom. The summed E-state index contributed by atoms with van der Waals surface area (Å²) in [5.41, 5.74) is 6.13. The number of aliphatic hydroxyl groups excluding tert-OH is 3. The van der Waals surface area contributed by atoms with Crippen LogP contribution in [0.15, 0.2) is 24.3 Å². The van der Waals surface area contributed by atoms with E-state index in [2.05, 4.69) is 0 Å². The van der Waals surface area contributed by atoms with Crippen molar-refractivity contribution in [3.63, 3.8) is 0 Å². The Kier molecular flexibility index (Phi) is 3.72. The van der Waals surface area contributed by atoms with E-state index in [0.29, 0.717) is 11.4 Å². The fourth-order valence-corrected chi connectivity index (χ4v) is 1.79. The van der Waals surface area contributed by atoms with Crippen LogP contribution in [-0.2, 0) is 4.74 Å². The van der Waals surface area contributed by atoms with Gasteiger partial charge in [0.25, 0.3) is 0 Å². The maximum absolute atomic E-state index is 9.76. The van der Waals surface area contributed by atoms with Gasteiger partial charge in [-0.2, -0.15) is 0 Å². The minimum atomic E-state index is -1.31. The van der Waals surface area contributed by atoms with Crippen molar-refractivity contribution >= 4 is 5.69 Å². The van der Waals surface area contributed by atoms with E-state index in [9.17, 15) is 15.3 Å². The van der Waals surface area contributed by atoms with E-state index in [1.807, 2.05) is 0 Å². The standard InChI is InChI=1S/C12H17NO5/c1-6-9(14)10(15)11(16)12(17-6)18-8-4-2-7(13)3-5-8/h2-6,9-12,14-16H,13H2,1H3/t6?,9-,10+,11?,12+/m1/s1. The second-order valence-electron chi connectivity index (χ2n) is 4.37. The van der Waals surface area contributed by atoms with E-state index in [1.165, 1.54) is 0 Å². The molecule has 5 atom stereocenters. The molecule has 0 spiro atoms.